The predicted octanol–water partition coefficient (Wildman–Crippen LogP) is 5.72. The molecule has 0 spiro atoms. The van der Waals surface area contributed by atoms with Crippen molar-refractivity contribution >= 4 is 6.08 Å². The SMILES string of the molecule is C=C/C=C\C(C=Cc1ccc(C)cc1)=C/C.CC. The van der Waals surface area contributed by atoms with E-state index >= 15 is 0 Å². The molecule has 1 aromatic carbocycles. The summed E-state index contributed by atoms with van der Waals surface area (Å²) in [6, 6.07) is 8.48. The van der Waals surface area contributed by atoms with Crippen molar-refractivity contribution in [3.63, 3.8) is 0 Å². The summed E-state index contributed by atoms with van der Waals surface area (Å²) in [5.74, 6) is 0. The van der Waals surface area contributed by atoms with Gasteiger partial charge in [0, 0.05) is 0 Å². The monoisotopic (exact) mass is 240 g/mol. The first-order valence-electron chi connectivity index (χ1n) is 6.46. The van der Waals surface area contributed by atoms with Crippen LogP contribution in [0.15, 0.2) is 66.8 Å². The summed E-state index contributed by atoms with van der Waals surface area (Å²) in [7, 11) is 0. The van der Waals surface area contributed by atoms with Gasteiger partial charge in [0.15, 0.2) is 0 Å². The first-order chi connectivity index (χ1) is 8.76. The minimum Gasteiger partial charge on any atom is -0.0991 e. The number of allylic oxidation sites excluding steroid dienone is 6. The second-order valence-electron chi connectivity index (χ2n) is 3.63. The largest absolute Gasteiger partial charge is 0.0991 e. The Hall–Kier alpha value is -1.82. The van der Waals surface area contributed by atoms with E-state index in [1.54, 1.807) is 6.08 Å². The van der Waals surface area contributed by atoms with Crippen LogP contribution in [0.25, 0.3) is 6.08 Å². The molecule has 0 aromatic heterocycles. The van der Waals surface area contributed by atoms with Crippen LogP contribution in [0, 0.1) is 6.92 Å². The zero-order valence-corrected chi connectivity index (χ0v) is 12.0. The van der Waals surface area contributed by atoms with Crippen molar-refractivity contribution in [1.82, 2.24) is 0 Å². The zero-order chi connectivity index (χ0) is 13.8. The number of hydrogen-bond donors (Lipinski definition) is 0. The normalized spacial score (nSPS) is 11.4. The van der Waals surface area contributed by atoms with Crippen LogP contribution in [0.3, 0.4) is 0 Å². The highest BCUT2D eigenvalue weighted by Gasteiger charge is 1.87. The molecule has 0 aliphatic rings. The molecule has 0 nitrogen and oxygen atoms in total. The van der Waals surface area contributed by atoms with E-state index in [1.165, 1.54) is 16.7 Å². The summed E-state index contributed by atoms with van der Waals surface area (Å²) >= 11 is 0. The van der Waals surface area contributed by atoms with Gasteiger partial charge in [-0.25, -0.2) is 0 Å². The number of rotatable bonds is 4. The van der Waals surface area contributed by atoms with E-state index in [2.05, 4.69) is 56.0 Å². The smallest absolute Gasteiger partial charge is 0.0256 e. The molecule has 0 N–H and O–H groups in total. The maximum Gasteiger partial charge on any atom is -0.0256 e. The standard InChI is InChI=1S/C16H18.C2H6/c1-4-6-7-15(5-2)12-13-16-10-8-14(3)9-11-16;1-2/h4-13H,1H2,2-3H3;1-2H3/b7-6-,13-12?,15-5+;. The van der Waals surface area contributed by atoms with Crippen molar-refractivity contribution in [3.05, 3.63) is 77.9 Å². The molecule has 0 bridgehead atoms. The van der Waals surface area contributed by atoms with Gasteiger partial charge < -0.3 is 0 Å². The Labute approximate surface area is 112 Å². The summed E-state index contributed by atoms with van der Waals surface area (Å²) in [6.07, 6.45) is 12.0. The van der Waals surface area contributed by atoms with Crippen LogP contribution in [-0.4, -0.2) is 0 Å². The van der Waals surface area contributed by atoms with Crippen molar-refractivity contribution in [2.24, 2.45) is 0 Å². The van der Waals surface area contributed by atoms with Gasteiger partial charge in [-0.05, 0) is 25.0 Å². The predicted molar refractivity (Wildman–Crippen MR) is 84.7 cm³/mol. The maximum absolute atomic E-state index is 3.66. The van der Waals surface area contributed by atoms with Crippen molar-refractivity contribution in [3.8, 4) is 0 Å². The Bertz CT molecular complexity index is 414. The van der Waals surface area contributed by atoms with Crippen LogP contribution < -0.4 is 0 Å². The van der Waals surface area contributed by atoms with Crippen LogP contribution in [-0.2, 0) is 0 Å². The molecule has 0 atom stereocenters. The first kappa shape index (κ1) is 16.2. The summed E-state index contributed by atoms with van der Waals surface area (Å²) < 4.78 is 0. The third-order valence-electron chi connectivity index (χ3n) is 2.30. The fraction of sp³-hybridized carbons (Fsp3) is 0.222. The van der Waals surface area contributed by atoms with Gasteiger partial charge in [-0.1, -0.05) is 86.7 Å². The van der Waals surface area contributed by atoms with E-state index in [9.17, 15) is 0 Å². The van der Waals surface area contributed by atoms with E-state index in [1.807, 2.05) is 32.9 Å². The van der Waals surface area contributed by atoms with Crippen LogP contribution in [0.4, 0.5) is 0 Å². The quantitative estimate of drug-likeness (QED) is 0.590. The molecule has 18 heavy (non-hydrogen) atoms. The molecule has 0 aliphatic heterocycles. The van der Waals surface area contributed by atoms with Gasteiger partial charge in [-0.2, -0.15) is 0 Å². The van der Waals surface area contributed by atoms with Gasteiger partial charge in [0.1, 0.15) is 0 Å². The molecule has 0 radical (unpaired) electrons. The van der Waals surface area contributed by atoms with Crippen LogP contribution >= 0.6 is 0 Å². The van der Waals surface area contributed by atoms with Gasteiger partial charge in [-0.3, -0.25) is 0 Å². The van der Waals surface area contributed by atoms with Gasteiger partial charge in [0.05, 0.1) is 0 Å². The highest BCUT2D eigenvalue weighted by molar-refractivity contribution is 5.55. The van der Waals surface area contributed by atoms with Crippen LogP contribution in [0.1, 0.15) is 31.9 Å². The highest BCUT2D eigenvalue weighted by Crippen LogP contribution is 2.08. The molecule has 0 amide bonds. The number of hydrogen-bond acceptors (Lipinski definition) is 0. The molecule has 0 heterocycles. The van der Waals surface area contributed by atoms with Crippen molar-refractivity contribution in [1.29, 1.82) is 0 Å². The molecule has 1 aromatic rings. The Morgan fingerprint density at radius 2 is 1.67 bits per heavy atom. The molecular weight excluding hydrogens is 216 g/mol. The van der Waals surface area contributed by atoms with Gasteiger partial charge in [0.25, 0.3) is 0 Å². The molecule has 0 saturated carbocycles. The van der Waals surface area contributed by atoms with Crippen LogP contribution in [0.2, 0.25) is 0 Å². The second kappa shape index (κ2) is 10.3. The van der Waals surface area contributed by atoms with E-state index in [0.717, 1.165) is 0 Å². The summed E-state index contributed by atoms with van der Waals surface area (Å²) in [4.78, 5) is 0. The fourth-order valence-electron chi connectivity index (χ4n) is 1.30. The van der Waals surface area contributed by atoms with Crippen molar-refractivity contribution in [2.45, 2.75) is 27.7 Å². The number of aryl methyl sites for hydroxylation is 1. The lowest BCUT2D eigenvalue weighted by Crippen LogP contribution is -1.74. The Balaban J connectivity index is 0.00000137. The molecular formula is C18H24. The fourth-order valence-corrected chi connectivity index (χ4v) is 1.30. The van der Waals surface area contributed by atoms with E-state index in [-0.39, 0.29) is 0 Å². The topological polar surface area (TPSA) is 0 Å². The maximum atomic E-state index is 3.66. The molecule has 0 fully saturated rings. The first-order valence-corrected chi connectivity index (χ1v) is 6.46. The second-order valence-corrected chi connectivity index (χ2v) is 3.63. The van der Waals surface area contributed by atoms with Gasteiger partial charge in [-0.15, -0.1) is 0 Å². The molecule has 0 unspecified atom stereocenters. The van der Waals surface area contributed by atoms with Gasteiger partial charge >= 0.3 is 0 Å². The molecule has 0 saturated heterocycles. The highest BCUT2D eigenvalue weighted by atomic mass is 13.9. The minimum atomic E-state index is 1.18. The lowest BCUT2D eigenvalue weighted by atomic mass is 10.1. The molecule has 0 heteroatoms. The van der Waals surface area contributed by atoms with Crippen LogP contribution in [0.5, 0.6) is 0 Å². The molecule has 96 valence electrons. The summed E-state index contributed by atoms with van der Waals surface area (Å²) in [5.41, 5.74) is 3.69. The summed E-state index contributed by atoms with van der Waals surface area (Å²) in [5, 5.41) is 0. The summed E-state index contributed by atoms with van der Waals surface area (Å²) in [6.45, 7) is 11.8. The van der Waals surface area contributed by atoms with E-state index in [4.69, 9.17) is 0 Å². The Morgan fingerprint density at radius 1 is 1.06 bits per heavy atom. The Morgan fingerprint density at radius 3 is 2.17 bits per heavy atom. The average Bonchev–Trinajstić information content (AvgIpc) is 2.43. The molecule has 0 aliphatic carbocycles. The van der Waals surface area contributed by atoms with E-state index in [0.29, 0.717) is 0 Å². The van der Waals surface area contributed by atoms with Crippen molar-refractivity contribution in [2.75, 3.05) is 0 Å². The third kappa shape index (κ3) is 6.70. The number of benzene rings is 1. The zero-order valence-electron chi connectivity index (χ0n) is 12.0. The van der Waals surface area contributed by atoms with Gasteiger partial charge in [0.2, 0.25) is 0 Å². The molecule has 1 rings (SSSR count). The lowest BCUT2D eigenvalue weighted by molar-refractivity contribution is 1.46. The third-order valence-corrected chi connectivity index (χ3v) is 2.30. The Kier molecular flexibility index (Phi) is 9.30. The lowest BCUT2D eigenvalue weighted by Gasteiger charge is -1.95. The minimum absolute atomic E-state index is 1.18. The van der Waals surface area contributed by atoms with Crippen molar-refractivity contribution < 1.29 is 0 Å². The van der Waals surface area contributed by atoms with E-state index < -0.39 is 0 Å². The average molecular weight is 240 g/mol.